The summed E-state index contributed by atoms with van der Waals surface area (Å²) in [5.74, 6) is 0.181. The van der Waals surface area contributed by atoms with Crippen molar-refractivity contribution in [2.24, 2.45) is 5.10 Å². The molecule has 1 amide bonds. The van der Waals surface area contributed by atoms with Gasteiger partial charge in [-0.15, -0.1) is 0 Å². The lowest BCUT2D eigenvalue weighted by molar-refractivity contribution is -0.119. The van der Waals surface area contributed by atoms with Gasteiger partial charge < -0.3 is 4.74 Å². The van der Waals surface area contributed by atoms with Crippen LogP contribution in [0.4, 0.5) is 0 Å². The number of rotatable bonds is 8. The normalized spacial score (nSPS) is 11.4. The third-order valence-corrected chi connectivity index (χ3v) is 4.49. The first-order valence-electron chi connectivity index (χ1n) is 7.61. The second-order valence-corrected chi connectivity index (χ2v) is 6.70. The number of benzene rings is 2. The second-order valence-electron chi connectivity index (χ2n) is 4.93. The standard InChI is InChI=1S/C17H19N3O4S/c1-2-24-15-10-8-14(9-11-15)12-18-20-17(21)13-19-25(22,23)16-6-4-3-5-7-16/h3-12,19H,2,13H2,1H3,(H,20,21)/b18-12+. The van der Waals surface area contributed by atoms with E-state index in [2.05, 4.69) is 15.2 Å². The van der Waals surface area contributed by atoms with Crippen molar-refractivity contribution in [2.75, 3.05) is 13.2 Å². The van der Waals surface area contributed by atoms with Gasteiger partial charge >= 0.3 is 0 Å². The maximum atomic E-state index is 12.0. The van der Waals surface area contributed by atoms with Gasteiger partial charge in [-0.2, -0.15) is 5.10 Å². The second kappa shape index (κ2) is 8.95. The van der Waals surface area contributed by atoms with Gasteiger partial charge in [0.25, 0.3) is 5.91 Å². The Morgan fingerprint density at radius 1 is 1.12 bits per heavy atom. The third kappa shape index (κ3) is 6.02. The summed E-state index contributed by atoms with van der Waals surface area (Å²) < 4.78 is 31.5. The fourth-order valence-electron chi connectivity index (χ4n) is 1.88. The summed E-state index contributed by atoms with van der Waals surface area (Å²) in [6.07, 6.45) is 1.46. The first-order chi connectivity index (χ1) is 12.0. The number of carbonyl (C=O) groups excluding carboxylic acids is 1. The Balaban J connectivity index is 1.82. The van der Waals surface area contributed by atoms with Crippen LogP contribution in [0.3, 0.4) is 0 Å². The highest BCUT2D eigenvalue weighted by atomic mass is 32.2. The molecule has 0 aliphatic rings. The molecule has 2 rings (SSSR count). The fraction of sp³-hybridized carbons (Fsp3) is 0.176. The van der Waals surface area contributed by atoms with Crippen LogP contribution in [0.2, 0.25) is 0 Å². The quantitative estimate of drug-likeness (QED) is 0.550. The highest BCUT2D eigenvalue weighted by Crippen LogP contribution is 2.10. The lowest BCUT2D eigenvalue weighted by atomic mass is 10.2. The molecule has 0 atom stereocenters. The Kier molecular flexibility index (Phi) is 6.67. The van der Waals surface area contributed by atoms with Crippen LogP contribution in [0, 0.1) is 0 Å². The summed E-state index contributed by atoms with van der Waals surface area (Å²) in [6.45, 7) is 2.08. The maximum absolute atomic E-state index is 12.0. The van der Waals surface area contributed by atoms with Crippen LogP contribution in [0.5, 0.6) is 5.75 Å². The van der Waals surface area contributed by atoms with Crippen molar-refractivity contribution in [1.29, 1.82) is 0 Å². The number of sulfonamides is 1. The molecule has 0 heterocycles. The Morgan fingerprint density at radius 2 is 1.80 bits per heavy atom. The van der Waals surface area contributed by atoms with Crippen LogP contribution in [0.15, 0.2) is 64.6 Å². The predicted molar refractivity (Wildman–Crippen MR) is 95.0 cm³/mol. The van der Waals surface area contributed by atoms with Crippen LogP contribution >= 0.6 is 0 Å². The lowest BCUT2D eigenvalue weighted by Crippen LogP contribution is -2.34. The molecule has 2 aromatic rings. The van der Waals surface area contributed by atoms with E-state index in [4.69, 9.17) is 4.74 Å². The molecular weight excluding hydrogens is 342 g/mol. The lowest BCUT2D eigenvalue weighted by Gasteiger charge is -2.05. The molecule has 0 fully saturated rings. The van der Waals surface area contributed by atoms with Crippen molar-refractivity contribution < 1.29 is 17.9 Å². The van der Waals surface area contributed by atoms with E-state index in [1.165, 1.54) is 18.3 Å². The molecule has 25 heavy (non-hydrogen) atoms. The molecule has 0 radical (unpaired) electrons. The number of ether oxygens (including phenoxy) is 1. The van der Waals surface area contributed by atoms with Crippen molar-refractivity contribution in [3.63, 3.8) is 0 Å². The predicted octanol–water partition coefficient (Wildman–Crippen LogP) is 1.51. The molecule has 132 valence electrons. The molecule has 2 N–H and O–H groups in total. The number of nitrogens with one attached hydrogen (secondary N) is 2. The number of hydrogen-bond donors (Lipinski definition) is 2. The van der Waals surface area contributed by atoms with E-state index in [0.717, 1.165) is 11.3 Å². The van der Waals surface area contributed by atoms with E-state index >= 15 is 0 Å². The Hall–Kier alpha value is -2.71. The average molecular weight is 361 g/mol. The highest BCUT2D eigenvalue weighted by Gasteiger charge is 2.14. The summed E-state index contributed by atoms with van der Waals surface area (Å²) in [5, 5.41) is 3.79. The molecule has 0 spiro atoms. The van der Waals surface area contributed by atoms with Gasteiger partial charge in [-0.1, -0.05) is 18.2 Å². The van der Waals surface area contributed by atoms with E-state index in [-0.39, 0.29) is 4.90 Å². The van der Waals surface area contributed by atoms with Crippen LogP contribution in [0.1, 0.15) is 12.5 Å². The summed E-state index contributed by atoms with van der Waals surface area (Å²) in [7, 11) is -3.72. The van der Waals surface area contributed by atoms with Gasteiger partial charge in [0.2, 0.25) is 10.0 Å². The molecule has 0 bridgehead atoms. The average Bonchev–Trinajstić information content (AvgIpc) is 2.63. The Labute approximate surface area is 146 Å². The molecule has 2 aromatic carbocycles. The number of hydrazone groups is 1. The molecule has 7 nitrogen and oxygen atoms in total. The van der Waals surface area contributed by atoms with Crippen molar-refractivity contribution in [2.45, 2.75) is 11.8 Å². The summed E-state index contributed by atoms with van der Waals surface area (Å²) in [6, 6.07) is 15.0. The van der Waals surface area contributed by atoms with Gasteiger partial charge in [0, 0.05) is 0 Å². The zero-order chi connectivity index (χ0) is 18.1. The zero-order valence-electron chi connectivity index (χ0n) is 13.7. The Bertz CT molecular complexity index is 819. The number of carbonyl (C=O) groups is 1. The zero-order valence-corrected chi connectivity index (χ0v) is 14.5. The summed E-state index contributed by atoms with van der Waals surface area (Å²) in [4.78, 5) is 11.8. The minimum absolute atomic E-state index is 0.0979. The molecule has 0 aliphatic heterocycles. The third-order valence-electron chi connectivity index (χ3n) is 3.07. The summed E-state index contributed by atoms with van der Waals surface area (Å²) in [5.41, 5.74) is 3.04. The summed E-state index contributed by atoms with van der Waals surface area (Å²) >= 11 is 0. The van der Waals surface area contributed by atoms with Gasteiger partial charge in [0.1, 0.15) is 5.75 Å². The number of nitrogens with zero attached hydrogens (tertiary/aromatic N) is 1. The monoisotopic (exact) mass is 361 g/mol. The molecule has 0 aromatic heterocycles. The molecule has 0 saturated heterocycles. The molecule has 0 saturated carbocycles. The van der Waals surface area contributed by atoms with E-state index in [0.29, 0.717) is 6.61 Å². The fourth-order valence-corrected chi connectivity index (χ4v) is 2.88. The van der Waals surface area contributed by atoms with E-state index in [9.17, 15) is 13.2 Å². The number of hydrogen-bond acceptors (Lipinski definition) is 5. The molecule has 0 aliphatic carbocycles. The number of amides is 1. The largest absolute Gasteiger partial charge is 0.494 e. The van der Waals surface area contributed by atoms with Crippen molar-refractivity contribution in [3.8, 4) is 5.75 Å². The van der Waals surface area contributed by atoms with Crippen LogP contribution in [-0.4, -0.2) is 33.7 Å². The van der Waals surface area contributed by atoms with Gasteiger partial charge in [-0.3, -0.25) is 4.79 Å². The van der Waals surface area contributed by atoms with Crippen LogP contribution < -0.4 is 14.9 Å². The SMILES string of the molecule is CCOc1ccc(/C=N/NC(=O)CNS(=O)(=O)c2ccccc2)cc1. The van der Waals surface area contributed by atoms with E-state index < -0.39 is 22.5 Å². The molecule has 8 heteroatoms. The van der Waals surface area contributed by atoms with Gasteiger partial charge in [0.15, 0.2) is 0 Å². The van der Waals surface area contributed by atoms with Crippen molar-refractivity contribution >= 4 is 22.1 Å². The first-order valence-corrected chi connectivity index (χ1v) is 9.09. The van der Waals surface area contributed by atoms with Crippen LogP contribution in [-0.2, 0) is 14.8 Å². The van der Waals surface area contributed by atoms with E-state index in [1.807, 2.05) is 6.92 Å². The first kappa shape index (κ1) is 18.6. The topological polar surface area (TPSA) is 96.9 Å². The van der Waals surface area contributed by atoms with Crippen LogP contribution in [0.25, 0.3) is 0 Å². The smallest absolute Gasteiger partial charge is 0.255 e. The minimum Gasteiger partial charge on any atom is -0.494 e. The minimum atomic E-state index is -3.72. The van der Waals surface area contributed by atoms with Crippen molar-refractivity contribution in [3.05, 3.63) is 60.2 Å². The molecule has 0 unspecified atom stereocenters. The van der Waals surface area contributed by atoms with E-state index in [1.54, 1.807) is 42.5 Å². The maximum Gasteiger partial charge on any atom is 0.255 e. The highest BCUT2D eigenvalue weighted by molar-refractivity contribution is 7.89. The molecular formula is C17H19N3O4S. The van der Waals surface area contributed by atoms with Gasteiger partial charge in [0.05, 0.1) is 24.3 Å². The Morgan fingerprint density at radius 3 is 2.44 bits per heavy atom. The van der Waals surface area contributed by atoms with Gasteiger partial charge in [-0.25, -0.2) is 18.6 Å². The van der Waals surface area contributed by atoms with Crippen molar-refractivity contribution in [1.82, 2.24) is 10.1 Å². The van der Waals surface area contributed by atoms with Gasteiger partial charge in [-0.05, 0) is 48.9 Å².